The lowest BCUT2D eigenvalue weighted by Crippen LogP contribution is -2.36. The van der Waals surface area contributed by atoms with Crippen molar-refractivity contribution >= 4 is 11.3 Å². The molecular formula is C11H17N3S. The van der Waals surface area contributed by atoms with E-state index in [1.165, 1.54) is 0 Å². The van der Waals surface area contributed by atoms with Crippen molar-refractivity contribution in [2.24, 2.45) is 0 Å². The van der Waals surface area contributed by atoms with Crippen LogP contribution in [0.3, 0.4) is 0 Å². The molecule has 0 bridgehead atoms. The summed E-state index contributed by atoms with van der Waals surface area (Å²) in [6, 6.07) is 2.15. The van der Waals surface area contributed by atoms with Crippen molar-refractivity contribution < 1.29 is 0 Å². The number of nitrogens with one attached hydrogen (secondary N) is 1. The number of hydrogen-bond acceptors (Lipinski definition) is 4. The number of rotatable bonds is 6. The molecule has 0 fully saturated rings. The molecule has 1 rings (SSSR count). The highest BCUT2D eigenvalue weighted by Crippen LogP contribution is 2.21. The molecular weight excluding hydrogens is 206 g/mol. The van der Waals surface area contributed by atoms with Gasteiger partial charge in [0.1, 0.15) is 5.01 Å². The molecule has 1 aromatic heterocycles. The van der Waals surface area contributed by atoms with E-state index in [0.717, 1.165) is 24.4 Å². The third kappa shape index (κ3) is 3.98. The Hall–Kier alpha value is -0.920. The highest BCUT2D eigenvalue weighted by molar-refractivity contribution is 7.09. The first kappa shape index (κ1) is 12.2. The molecule has 1 N–H and O–H groups in total. The lowest BCUT2D eigenvalue weighted by atomic mass is 10.1. The van der Waals surface area contributed by atoms with Crippen molar-refractivity contribution in [3.8, 4) is 6.07 Å². The minimum Gasteiger partial charge on any atom is -0.306 e. The molecule has 0 aromatic carbocycles. The minimum absolute atomic E-state index is 0.0548. The van der Waals surface area contributed by atoms with Gasteiger partial charge in [-0.15, -0.1) is 11.3 Å². The van der Waals surface area contributed by atoms with Gasteiger partial charge in [-0.1, -0.05) is 0 Å². The van der Waals surface area contributed by atoms with E-state index in [0.29, 0.717) is 6.42 Å². The van der Waals surface area contributed by atoms with Crippen LogP contribution in [-0.4, -0.2) is 11.5 Å². The van der Waals surface area contributed by atoms with E-state index < -0.39 is 0 Å². The minimum atomic E-state index is -0.0548. The molecule has 0 spiro atoms. The second kappa shape index (κ2) is 5.84. The number of hydrogen-bond donors (Lipinski definition) is 1. The first-order valence-corrected chi connectivity index (χ1v) is 6.07. The summed E-state index contributed by atoms with van der Waals surface area (Å²) < 4.78 is 0. The van der Waals surface area contributed by atoms with Crippen LogP contribution in [0.15, 0.2) is 11.6 Å². The summed E-state index contributed by atoms with van der Waals surface area (Å²) in [4.78, 5) is 4.31. The maximum Gasteiger partial charge on any atom is 0.112 e. The summed E-state index contributed by atoms with van der Waals surface area (Å²) in [7, 11) is 0. The molecule has 0 unspecified atom stereocenters. The van der Waals surface area contributed by atoms with Crippen molar-refractivity contribution in [3.63, 3.8) is 0 Å². The Morgan fingerprint density at radius 1 is 1.53 bits per heavy atom. The van der Waals surface area contributed by atoms with Crippen LogP contribution in [0.4, 0.5) is 0 Å². The Kier molecular flexibility index (Phi) is 4.73. The molecule has 0 aliphatic heterocycles. The molecule has 0 amide bonds. The zero-order valence-corrected chi connectivity index (χ0v) is 10.1. The summed E-state index contributed by atoms with van der Waals surface area (Å²) in [6.07, 6.45) is 4.50. The van der Waals surface area contributed by atoms with Gasteiger partial charge in [-0.2, -0.15) is 5.26 Å². The Bertz CT molecular complexity index is 311. The molecule has 0 saturated heterocycles. The van der Waals surface area contributed by atoms with Crippen LogP contribution < -0.4 is 5.32 Å². The summed E-state index contributed by atoms with van der Waals surface area (Å²) in [6.45, 7) is 5.21. The summed E-state index contributed by atoms with van der Waals surface area (Å²) >= 11 is 1.67. The first-order valence-electron chi connectivity index (χ1n) is 5.19. The molecule has 0 radical (unpaired) electrons. The van der Waals surface area contributed by atoms with Gasteiger partial charge in [-0.05, 0) is 33.2 Å². The predicted octanol–water partition coefficient (Wildman–Crippen LogP) is 2.66. The molecule has 3 nitrogen and oxygen atoms in total. The van der Waals surface area contributed by atoms with Gasteiger partial charge in [0.05, 0.1) is 11.6 Å². The third-order valence-electron chi connectivity index (χ3n) is 2.25. The first-order chi connectivity index (χ1) is 7.17. The van der Waals surface area contributed by atoms with Gasteiger partial charge in [-0.25, -0.2) is 4.98 Å². The second-order valence-corrected chi connectivity index (χ2v) is 4.90. The summed E-state index contributed by atoms with van der Waals surface area (Å²) in [5, 5.41) is 15.0. The highest BCUT2D eigenvalue weighted by atomic mass is 32.1. The van der Waals surface area contributed by atoms with Gasteiger partial charge in [0.15, 0.2) is 0 Å². The van der Waals surface area contributed by atoms with Crippen molar-refractivity contribution in [2.75, 3.05) is 6.54 Å². The van der Waals surface area contributed by atoms with Crippen molar-refractivity contribution in [3.05, 3.63) is 16.6 Å². The topological polar surface area (TPSA) is 48.7 Å². The van der Waals surface area contributed by atoms with Gasteiger partial charge in [-0.3, -0.25) is 0 Å². The van der Waals surface area contributed by atoms with E-state index in [2.05, 4.69) is 30.2 Å². The Labute approximate surface area is 95.2 Å². The van der Waals surface area contributed by atoms with Crippen LogP contribution in [0.25, 0.3) is 0 Å². The highest BCUT2D eigenvalue weighted by Gasteiger charge is 2.21. The van der Waals surface area contributed by atoms with E-state index in [9.17, 15) is 0 Å². The monoisotopic (exact) mass is 223 g/mol. The van der Waals surface area contributed by atoms with E-state index in [1.54, 1.807) is 11.3 Å². The summed E-state index contributed by atoms with van der Waals surface area (Å²) in [5.74, 6) is 0. The van der Waals surface area contributed by atoms with Crippen LogP contribution in [0.2, 0.25) is 0 Å². The fourth-order valence-corrected chi connectivity index (χ4v) is 2.08. The average Bonchev–Trinajstić information content (AvgIpc) is 2.70. The van der Waals surface area contributed by atoms with E-state index in [-0.39, 0.29) is 5.54 Å². The fourth-order valence-electron chi connectivity index (χ4n) is 1.34. The van der Waals surface area contributed by atoms with Crippen molar-refractivity contribution in [1.82, 2.24) is 10.3 Å². The number of nitrogens with zero attached hydrogens (tertiary/aromatic N) is 2. The normalized spacial score (nSPS) is 11.3. The smallest absolute Gasteiger partial charge is 0.112 e. The number of thiazole rings is 1. The zero-order chi connectivity index (χ0) is 11.1. The molecule has 82 valence electrons. The third-order valence-corrected chi connectivity index (χ3v) is 3.35. The number of unbranched alkanes of at least 4 members (excludes halogenated alkanes) is 2. The number of aromatic nitrogens is 1. The fraction of sp³-hybridized carbons (Fsp3) is 0.636. The molecule has 1 aromatic rings. The van der Waals surface area contributed by atoms with Gasteiger partial charge in [0, 0.05) is 18.0 Å². The van der Waals surface area contributed by atoms with Crippen molar-refractivity contribution in [1.29, 1.82) is 5.26 Å². The number of nitriles is 1. The largest absolute Gasteiger partial charge is 0.306 e. The molecule has 15 heavy (non-hydrogen) atoms. The Morgan fingerprint density at radius 2 is 2.33 bits per heavy atom. The van der Waals surface area contributed by atoms with E-state index in [4.69, 9.17) is 5.26 Å². The maximum absolute atomic E-state index is 8.40. The molecule has 0 aliphatic carbocycles. The van der Waals surface area contributed by atoms with Crippen LogP contribution >= 0.6 is 11.3 Å². The molecule has 0 saturated carbocycles. The van der Waals surface area contributed by atoms with Gasteiger partial charge < -0.3 is 5.32 Å². The quantitative estimate of drug-likeness (QED) is 0.754. The van der Waals surface area contributed by atoms with Gasteiger partial charge in [0.25, 0.3) is 0 Å². The van der Waals surface area contributed by atoms with E-state index >= 15 is 0 Å². The SMILES string of the molecule is CC(C)(NCCCCC#N)c1nccs1. The molecule has 0 aliphatic rings. The maximum atomic E-state index is 8.40. The van der Waals surface area contributed by atoms with Crippen LogP contribution in [0, 0.1) is 11.3 Å². The lowest BCUT2D eigenvalue weighted by Gasteiger charge is -2.23. The van der Waals surface area contributed by atoms with E-state index in [1.807, 2.05) is 11.6 Å². The Balaban J connectivity index is 2.29. The Morgan fingerprint density at radius 3 is 2.93 bits per heavy atom. The second-order valence-electron chi connectivity index (χ2n) is 4.00. The lowest BCUT2D eigenvalue weighted by molar-refractivity contribution is 0.396. The zero-order valence-electron chi connectivity index (χ0n) is 9.29. The molecule has 4 heteroatoms. The average molecular weight is 223 g/mol. The van der Waals surface area contributed by atoms with Crippen LogP contribution in [-0.2, 0) is 5.54 Å². The standard InChI is InChI=1S/C11H17N3S/c1-11(2,10-13-8-9-15-10)14-7-5-3-4-6-12/h8-9,14H,3-5,7H2,1-2H3. The summed E-state index contributed by atoms with van der Waals surface area (Å²) in [5.41, 5.74) is -0.0548. The van der Waals surface area contributed by atoms with Crippen molar-refractivity contribution in [2.45, 2.75) is 38.6 Å². The van der Waals surface area contributed by atoms with Crippen LogP contribution in [0.1, 0.15) is 38.1 Å². The molecule has 0 atom stereocenters. The predicted molar refractivity (Wildman–Crippen MR) is 62.6 cm³/mol. The van der Waals surface area contributed by atoms with Gasteiger partial charge in [0.2, 0.25) is 0 Å². The van der Waals surface area contributed by atoms with Crippen LogP contribution in [0.5, 0.6) is 0 Å². The van der Waals surface area contributed by atoms with Gasteiger partial charge >= 0.3 is 0 Å². The molecule has 1 heterocycles.